The largest absolute Gasteiger partial charge is 0.432 e. The van der Waals surface area contributed by atoms with Crippen LogP contribution in [0.4, 0.5) is 26.3 Å². The van der Waals surface area contributed by atoms with Gasteiger partial charge < -0.3 is 14.2 Å². The normalized spacial score (nSPS) is 28.7. The van der Waals surface area contributed by atoms with Gasteiger partial charge in [0, 0.05) is 23.6 Å². The number of benzene rings is 2. The zero-order valence-corrected chi connectivity index (χ0v) is 24.5. The van der Waals surface area contributed by atoms with Gasteiger partial charge in [-0.1, -0.05) is 37.6 Å². The average Bonchev–Trinajstić information content (AvgIpc) is 3.00. The van der Waals surface area contributed by atoms with E-state index >= 15 is 4.39 Å². The molecule has 2 aliphatic carbocycles. The van der Waals surface area contributed by atoms with E-state index in [2.05, 4.69) is 23.8 Å². The summed E-state index contributed by atoms with van der Waals surface area (Å²) in [5, 5.41) is 0. The van der Waals surface area contributed by atoms with E-state index < -0.39 is 41.5 Å². The molecular formula is C34H40F6O3. The Morgan fingerprint density at radius 1 is 0.814 bits per heavy atom. The van der Waals surface area contributed by atoms with Crippen molar-refractivity contribution in [3.05, 3.63) is 76.9 Å². The first-order chi connectivity index (χ1) is 20.6. The van der Waals surface area contributed by atoms with Gasteiger partial charge in [0.15, 0.2) is 23.7 Å². The zero-order valence-electron chi connectivity index (χ0n) is 24.5. The molecule has 0 N–H and O–H groups in total. The molecule has 1 saturated heterocycles. The van der Waals surface area contributed by atoms with Crippen LogP contribution in [0.2, 0.25) is 0 Å². The van der Waals surface area contributed by atoms with Gasteiger partial charge in [-0.2, -0.15) is 8.78 Å². The predicted octanol–water partition coefficient (Wildman–Crippen LogP) is 10.0. The van der Waals surface area contributed by atoms with Crippen molar-refractivity contribution in [3.63, 3.8) is 0 Å². The lowest BCUT2D eigenvalue weighted by atomic mass is 9.68. The number of halogens is 6. The van der Waals surface area contributed by atoms with E-state index in [1.165, 1.54) is 6.07 Å². The summed E-state index contributed by atoms with van der Waals surface area (Å²) in [5.41, 5.74) is 1.38. The number of hydrogen-bond donors (Lipinski definition) is 0. The first kappa shape index (κ1) is 31.9. The molecule has 43 heavy (non-hydrogen) atoms. The summed E-state index contributed by atoms with van der Waals surface area (Å²) in [5.74, 6) is -5.94. The molecule has 3 aliphatic rings. The smallest absolute Gasteiger partial charge is 0.400 e. The van der Waals surface area contributed by atoms with Gasteiger partial charge in [0.25, 0.3) is 0 Å². The molecule has 5 rings (SSSR count). The Balaban J connectivity index is 1.08. The Bertz CT molecular complexity index is 1220. The molecule has 3 fully saturated rings. The zero-order chi connectivity index (χ0) is 30.6. The molecule has 1 aliphatic heterocycles. The first-order valence-electron chi connectivity index (χ1n) is 15.5. The molecule has 9 heteroatoms. The second-order valence-electron chi connectivity index (χ2n) is 12.3. The Morgan fingerprint density at radius 3 is 2.00 bits per heavy atom. The molecule has 1 heterocycles. The number of hydrogen-bond acceptors (Lipinski definition) is 3. The highest BCUT2D eigenvalue weighted by molar-refractivity contribution is 5.29. The van der Waals surface area contributed by atoms with Crippen molar-refractivity contribution in [1.29, 1.82) is 0 Å². The molecule has 2 aromatic carbocycles. The minimum Gasteiger partial charge on any atom is -0.432 e. The molecule has 0 radical (unpaired) electrons. The average molecular weight is 611 g/mol. The second kappa shape index (κ2) is 14.1. The lowest BCUT2D eigenvalue weighted by Gasteiger charge is -2.39. The van der Waals surface area contributed by atoms with Crippen LogP contribution < -0.4 is 4.74 Å². The summed E-state index contributed by atoms with van der Waals surface area (Å²) in [7, 11) is 0. The second-order valence-corrected chi connectivity index (χ2v) is 12.3. The van der Waals surface area contributed by atoms with Gasteiger partial charge in [0.1, 0.15) is 11.6 Å². The number of unbranched alkanes of at least 4 members (excludes halogenated alkanes) is 1. The van der Waals surface area contributed by atoms with Crippen LogP contribution in [0.5, 0.6) is 5.75 Å². The minimum atomic E-state index is -3.62. The maximum Gasteiger partial charge on any atom is 0.400 e. The summed E-state index contributed by atoms with van der Waals surface area (Å²) < 4.78 is 101. The van der Waals surface area contributed by atoms with Gasteiger partial charge in [0.05, 0.1) is 19.1 Å². The molecule has 3 nitrogen and oxygen atoms in total. The molecule has 0 amide bonds. The number of alkyl halides is 2. The fraction of sp³-hybridized carbons (Fsp3) is 0.588. The Kier molecular flexibility index (Phi) is 10.4. The van der Waals surface area contributed by atoms with Crippen LogP contribution in [0.25, 0.3) is 0 Å². The Hall–Kier alpha value is -2.52. The molecule has 0 aromatic heterocycles. The summed E-state index contributed by atoms with van der Waals surface area (Å²) in [6.07, 6.45) is 7.34. The van der Waals surface area contributed by atoms with Gasteiger partial charge in [-0.15, -0.1) is 0 Å². The minimum absolute atomic E-state index is 0.108. The summed E-state index contributed by atoms with van der Waals surface area (Å²) in [6, 6.07) is 6.14. The molecule has 0 unspecified atom stereocenters. The SMILES string of the molecule is CCCC=CC1COC(c2ccc(C3CCC(C4CCC(C(F)(F)Oc5cc(F)c(F)c(F)c5)CC4)CC3)c(F)c2)OC1. The predicted molar refractivity (Wildman–Crippen MR) is 151 cm³/mol. The Labute approximate surface area is 249 Å². The lowest BCUT2D eigenvalue weighted by Crippen LogP contribution is -2.38. The number of allylic oxidation sites excluding steroid dienone is 1. The van der Waals surface area contributed by atoms with Crippen molar-refractivity contribution >= 4 is 0 Å². The fourth-order valence-electron chi connectivity index (χ4n) is 6.96. The van der Waals surface area contributed by atoms with Crippen LogP contribution in [0.15, 0.2) is 42.5 Å². The standard InChI is InChI=1S/C34H40F6O3/c1-2-3-4-5-21-19-41-33(42-20-21)25-12-15-28(29(35)16-25)24-8-6-22(7-9-24)23-10-13-26(14-11-23)34(39,40)43-27-17-30(36)32(38)31(37)18-27/h4-5,12,15-18,21-24,26,33H,2-3,6-11,13-14,19-20H2,1H3. The summed E-state index contributed by atoms with van der Waals surface area (Å²) in [6.45, 7) is 3.21. The van der Waals surface area contributed by atoms with Crippen LogP contribution >= 0.6 is 0 Å². The summed E-state index contributed by atoms with van der Waals surface area (Å²) >= 11 is 0. The van der Waals surface area contributed by atoms with Gasteiger partial charge in [-0.05, 0) is 87.2 Å². The highest BCUT2D eigenvalue weighted by atomic mass is 19.3. The van der Waals surface area contributed by atoms with Crippen LogP contribution in [-0.2, 0) is 9.47 Å². The van der Waals surface area contributed by atoms with Crippen molar-refractivity contribution in [3.8, 4) is 5.75 Å². The highest BCUT2D eigenvalue weighted by Gasteiger charge is 2.45. The molecule has 0 spiro atoms. The molecule has 2 saturated carbocycles. The monoisotopic (exact) mass is 610 g/mol. The molecular weight excluding hydrogens is 570 g/mol. The third-order valence-corrected chi connectivity index (χ3v) is 9.42. The van der Waals surface area contributed by atoms with Crippen molar-refractivity contribution in [1.82, 2.24) is 0 Å². The molecule has 0 bridgehead atoms. The van der Waals surface area contributed by atoms with E-state index in [-0.39, 0.29) is 30.5 Å². The third kappa shape index (κ3) is 7.77. The topological polar surface area (TPSA) is 27.7 Å². The van der Waals surface area contributed by atoms with E-state index in [0.29, 0.717) is 61.2 Å². The van der Waals surface area contributed by atoms with Crippen molar-refractivity contribution < 1.29 is 40.6 Å². The van der Waals surface area contributed by atoms with E-state index in [9.17, 15) is 22.0 Å². The van der Waals surface area contributed by atoms with Gasteiger partial charge in [-0.3, -0.25) is 0 Å². The highest BCUT2D eigenvalue weighted by Crippen LogP contribution is 2.47. The van der Waals surface area contributed by atoms with Crippen molar-refractivity contribution in [2.45, 2.75) is 89.4 Å². The Morgan fingerprint density at radius 2 is 1.42 bits per heavy atom. The van der Waals surface area contributed by atoms with Gasteiger partial charge >= 0.3 is 6.11 Å². The maximum absolute atomic E-state index is 15.2. The van der Waals surface area contributed by atoms with Crippen molar-refractivity contribution in [2.75, 3.05) is 13.2 Å². The van der Waals surface area contributed by atoms with Gasteiger partial charge in [-0.25, -0.2) is 17.6 Å². The first-order valence-corrected chi connectivity index (χ1v) is 15.5. The van der Waals surface area contributed by atoms with E-state index in [1.807, 2.05) is 12.1 Å². The number of ether oxygens (including phenoxy) is 3. The van der Waals surface area contributed by atoms with Crippen LogP contribution in [0, 0.1) is 46.9 Å². The van der Waals surface area contributed by atoms with E-state index in [1.54, 1.807) is 0 Å². The van der Waals surface area contributed by atoms with Crippen molar-refractivity contribution in [2.24, 2.45) is 23.7 Å². The van der Waals surface area contributed by atoms with E-state index in [0.717, 1.165) is 38.5 Å². The fourth-order valence-corrected chi connectivity index (χ4v) is 6.96. The molecule has 2 aromatic rings. The van der Waals surface area contributed by atoms with Gasteiger partial charge in [0.2, 0.25) is 0 Å². The quantitative estimate of drug-likeness (QED) is 0.161. The third-order valence-electron chi connectivity index (χ3n) is 9.42. The molecule has 0 atom stereocenters. The van der Waals surface area contributed by atoms with Crippen LogP contribution in [0.1, 0.15) is 94.5 Å². The molecule has 236 valence electrons. The van der Waals surface area contributed by atoms with Crippen LogP contribution in [0.3, 0.4) is 0 Å². The van der Waals surface area contributed by atoms with Crippen LogP contribution in [-0.4, -0.2) is 19.3 Å². The lowest BCUT2D eigenvalue weighted by molar-refractivity contribution is -0.224. The summed E-state index contributed by atoms with van der Waals surface area (Å²) in [4.78, 5) is 0. The number of rotatable bonds is 9. The van der Waals surface area contributed by atoms with E-state index in [4.69, 9.17) is 9.47 Å². The maximum atomic E-state index is 15.2.